The lowest BCUT2D eigenvalue weighted by Gasteiger charge is -2.19. The second-order valence-electron chi connectivity index (χ2n) is 6.93. The van der Waals surface area contributed by atoms with Gasteiger partial charge in [-0.25, -0.2) is 5.43 Å². The molecule has 0 aliphatic carbocycles. The number of nitrogens with one attached hydrogen (secondary N) is 1. The summed E-state index contributed by atoms with van der Waals surface area (Å²) in [5.74, 6) is 1.36. The maximum atomic E-state index is 12.1. The van der Waals surface area contributed by atoms with Crippen molar-refractivity contribution < 1.29 is 14.3 Å². The fourth-order valence-electron chi connectivity index (χ4n) is 3.26. The Bertz CT molecular complexity index is 889. The van der Waals surface area contributed by atoms with Crippen molar-refractivity contribution in [2.75, 3.05) is 37.4 Å². The summed E-state index contributed by atoms with van der Waals surface area (Å²) < 4.78 is 10.9. The summed E-state index contributed by atoms with van der Waals surface area (Å²) >= 11 is 0. The van der Waals surface area contributed by atoms with Crippen LogP contribution in [-0.2, 0) is 4.79 Å². The lowest BCUT2D eigenvalue weighted by molar-refractivity contribution is -0.123. The smallest absolute Gasteiger partial charge is 0.277 e. The lowest BCUT2D eigenvalue weighted by atomic mass is 10.1. The van der Waals surface area contributed by atoms with E-state index in [9.17, 15) is 4.79 Å². The SMILES string of the molecule is COc1nc(N)nc(N2CCCC2)c1/C=N/NC(=O)COc1cc(C)cc(C)c1. The van der Waals surface area contributed by atoms with Crippen LogP contribution in [0.5, 0.6) is 11.6 Å². The summed E-state index contributed by atoms with van der Waals surface area (Å²) in [6.45, 7) is 5.55. The van der Waals surface area contributed by atoms with Crippen LogP contribution in [-0.4, -0.2) is 48.9 Å². The van der Waals surface area contributed by atoms with Crippen LogP contribution in [0.4, 0.5) is 11.8 Å². The molecule has 1 aliphatic heterocycles. The zero-order valence-corrected chi connectivity index (χ0v) is 16.9. The van der Waals surface area contributed by atoms with E-state index in [1.165, 1.54) is 13.3 Å². The Labute approximate surface area is 169 Å². The number of methoxy groups -OCH3 is 1. The van der Waals surface area contributed by atoms with Gasteiger partial charge in [-0.05, 0) is 49.9 Å². The summed E-state index contributed by atoms with van der Waals surface area (Å²) in [5, 5.41) is 4.03. The van der Waals surface area contributed by atoms with Gasteiger partial charge in [-0.1, -0.05) is 6.07 Å². The third-order valence-corrected chi connectivity index (χ3v) is 4.45. The number of carbonyl (C=O) groups is 1. The molecule has 0 saturated carbocycles. The monoisotopic (exact) mass is 398 g/mol. The number of amides is 1. The first kappa shape index (κ1) is 20.4. The number of nitrogens with zero attached hydrogens (tertiary/aromatic N) is 4. The van der Waals surface area contributed by atoms with Crippen LogP contribution in [0.1, 0.15) is 29.5 Å². The van der Waals surface area contributed by atoms with E-state index in [-0.39, 0.29) is 18.5 Å². The zero-order chi connectivity index (χ0) is 20.8. The van der Waals surface area contributed by atoms with Crippen molar-refractivity contribution in [2.24, 2.45) is 5.10 Å². The van der Waals surface area contributed by atoms with Gasteiger partial charge in [0.1, 0.15) is 11.6 Å². The number of hydrogen-bond acceptors (Lipinski definition) is 8. The minimum Gasteiger partial charge on any atom is -0.484 e. The van der Waals surface area contributed by atoms with Crippen LogP contribution in [0.2, 0.25) is 0 Å². The number of nitrogen functional groups attached to an aromatic ring is 1. The van der Waals surface area contributed by atoms with E-state index in [1.807, 2.05) is 32.0 Å². The van der Waals surface area contributed by atoms with Gasteiger partial charge >= 0.3 is 0 Å². The number of ether oxygens (including phenoxy) is 2. The highest BCUT2D eigenvalue weighted by atomic mass is 16.5. The molecule has 0 atom stereocenters. The largest absolute Gasteiger partial charge is 0.484 e. The standard InChI is InChI=1S/C20H26N6O3/c1-13-8-14(2)10-15(9-13)29-12-17(27)25-22-11-16-18(26-6-4-5-7-26)23-20(21)24-19(16)28-3/h8-11H,4-7,12H2,1-3H3,(H,25,27)(H2,21,23,24)/b22-11+. The summed E-state index contributed by atoms with van der Waals surface area (Å²) in [5.41, 5.74) is 11.0. The molecule has 1 aliphatic rings. The van der Waals surface area contributed by atoms with Crippen molar-refractivity contribution in [3.8, 4) is 11.6 Å². The van der Waals surface area contributed by atoms with Crippen molar-refractivity contribution in [3.63, 3.8) is 0 Å². The summed E-state index contributed by atoms with van der Waals surface area (Å²) in [7, 11) is 1.50. The van der Waals surface area contributed by atoms with Gasteiger partial charge in [0.05, 0.1) is 18.9 Å². The molecule has 3 rings (SSSR count). The molecule has 1 amide bonds. The fourth-order valence-corrected chi connectivity index (χ4v) is 3.26. The van der Waals surface area contributed by atoms with Gasteiger partial charge in [0.2, 0.25) is 11.8 Å². The number of nitrogens with two attached hydrogens (primary N) is 1. The van der Waals surface area contributed by atoms with Crippen molar-refractivity contribution in [1.82, 2.24) is 15.4 Å². The number of carbonyl (C=O) groups excluding carboxylic acids is 1. The Morgan fingerprint density at radius 2 is 1.93 bits per heavy atom. The van der Waals surface area contributed by atoms with Gasteiger partial charge < -0.3 is 20.1 Å². The Hall–Kier alpha value is -3.36. The van der Waals surface area contributed by atoms with Crippen LogP contribution in [0.15, 0.2) is 23.3 Å². The Balaban J connectivity index is 1.66. The molecule has 1 saturated heterocycles. The van der Waals surface area contributed by atoms with Gasteiger partial charge in [0, 0.05) is 13.1 Å². The molecule has 29 heavy (non-hydrogen) atoms. The molecule has 1 fully saturated rings. The summed E-state index contributed by atoms with van der Waals surface area (Å²) in [4.78, 5) is 22.6. The number of anilines is 2. The maximum Gasteiger partial charge on any atom is 0.277 e. The van der Waals surface area contributed by atoms with Crippen molar-refractivity contribution in [3.05, 3.63) is 34.9 Å². The second-order valence-corrected chi connectivity index (χ2v) is 6.93. The van der Waals surface area contributed by atoms with Gasteiger partial charge in [-0.3, -0.25) is 4.79 Å². The maximum absolute atomic E-state index is 12.1. The van der Waals surface area contributed by atoms with E-state index in [0.717, 1.165) is 37.1 Å². The predicted octanol–water partition coefficient (Wildman–Crippen LogP) is 1.81. The molecule has 2 aromatic rings. The van der Waals surface area contributed by atoms with Crippen LogP contribution < -0.4 is 25.5 Å². The number of rotatable bonds is 7. The molecular weight excluding hydrogens is 372 g/mol. The first-order valence-electron chi connectivity index (χ1n) is 9.45. The van der Waals surface area contributed by atoms with Gasteiger partial charge in [-0.15, -0.1) is 0 Å². The zero-order valence-electron chi connectivity index (χ0n) is 16.9. The van der Waals surface area contributed by atoms with Crippen molar-refractivity contribution >= 4 is 23.9 Å². The molecule has 0 bridgehead atoms. The van der Waals surface area contributed by atoms with E-state index in [1.54, 1.807) is 0 Å². The summed E-state index contributed by atoms with van der Waals surface area (Å²) in [6.07, 6.45) is 3.63. The molecule has 0 radical (unpaired) electrons. The molecule has 0 unspecified atom stereocenters. The van der Waals surface area contributed by atoms with Crippen molar-refractivity contribution in [2.45, 2.75) is 26.7 Å². The Kier molecular flexibility index (Phi) is 6.48. The topological polar surface area (TPSA) is 115 Å². The lowest BCUT2D eigenvalue weighted by Crippen LogP contribution is -2.25. The molecule has 0 spiro atoms. The van der Waals surface area contributed by atoms with E-state index < -0.39 is 0 Å². The van der Waals surface area contributed by atoms with E-state index >= 15 is 0 Å². The fraction of sp³-hybridized carbons (Fsp3) is 0.400. The van der Waals surface area contributed by atoms with E-state index in [2.05, 4.69) is 25.4 Å². The van der Waals surface area contributed by atoms with Crippen LogP contribution >= 0.6 is 0 Å². The number of hydrogen-bond donors (Lipinski definition) is 2. The van der Waals surface area contributed by atoms with E-state index in [4.69, 9.17) is 15.2 Å². The first-order chi connectivity index (χ1) is 14.0. The quantitative estimate of drug-likeness (QED) is 0.540. The van der Waals surface area contributed by atoms with E-state index in [0.29, 0.717) is 23.0 Å². The molecular formula is C20H26N6O3. The number of hydrazone groups is 1. The Morgan fingerprint density at radius 1 is 1.24 bits per heavy atom. The highest BCUT2D eigenvalue weighted by Gasteiger charge is 2.21. The number of aryl methyl sites for hydroxylation is 2. The van der Waals surface area contributed by atoms with Gasteiger partial charge in [0.25, 0.3) is 5.91 Å². The third-order valence-electron chi connectivity index (χ3n) is 4.45. The summed E-state index contributed by atoms with van der Waals surface area (Å²) in [6, 6.07) is 5.79. The van der Waals surface area contributed by atoms with Gasteiger partial charge in [-0.2, -0.15) is 15.1 Å². The van der Waals surface area contributed by atoms with Crippen LogP contribution in [0.3, 0.4) is 0 Å². The molecule has 9 nitrogen and oxygen atoms in total. The highest BCUT2D eigenvalue weighted by molar-refractivity contribution is 5.91. The third kappa shape index (κ3) is 5.34. The molecule has 2 heterocycles. The Morgan fingerprint density at radius 3 is 2.59 bits per heavy atom. The highest BCUT2D eigenvalue weighted by Crippen LogP contribution is 2.27. The number of benzene rings is 1. The minimum atomic E-state index is -0.376. The molecule has 9 heteroatoms. The molecule has 3 N–H and O–H groups in total. The van der Waals surface area contributed by atoms with Crippen LogP contribution in [0.25, 0.3) is 0 Å². The first-order valence-corrected chi connectivity index (χ1v) is 9.45. The average Bonchev–Trinajstić information content (AvgIpc) is 3.21. The van der Waals surface area contributed by atoms with Crippen LogP contribution in [0, 0.1) is 13.8 Å². The molecule has 154 valence electrons. The average molecular weight is 398 g/mol. The minimum absolute atomic E-state index is 0.131. The number of aromatic nitrogens is 2. The second kappa shape index (κ2) is 9.22. The molecule has 1 aromatic carbocycles. The predicted molar refractivity (Wildman–Crippen MR) is 112 cm³/mol. The molecule has 1 aromatic heterocycles. The van der Waals surface area contributed by atoms with Crippen molar-refractivity contribution in [1.29, 1.82) is 0 Å². The van der Waals surface area contributed by atoms with Gasteiger partial charge in [0.15, 0.2) is 6.61 Å². The normalized spacial score (nSPS) is 13.7.